The molecule has 2 aliphatic rings. The van der Waals surface area contributed by atoms with Crippen LogP contribution in [0.15, 0.2) is 59.1 Å². The first-order chi connectivity index (χ1) is 14.7. The highest BCUT2D eigenvalue weighted by molar-refractivity contribution is 6.04. The Morgan fingerprint density at radius 2 is 1.83 bits per heavy atom. The standard InChI is InChI=1S/C24H23N3O3/c28-23(20-15-22(30-26-20)17-6-2-1-3-7-17)25-19-11-10-16-12-13-27(21(16)14-19)24(29)18-8-4-5-9-18/h1-3,6-7,10-11,14-15,18H,4-5,8-9,12-13H2,(H,25,28). The fourth-order valence-corrected chi connectivity index (χ4v) is 4.39. The van der Waals surface area contributed by atoms with E-state index in [0.717, 1.165) is 48.9 Å². The number of carbonyl (C=O) groups is 2. The molecule has 1 aromatic heterocycles. The summed E-state index contributed by atoms with van der Waals surface area (Å²) in [4.78, 5) is 27.5. The van der Waals surface area contributed by atoms with Crippen molar-refractivity contribution in [3.63, 3.8) is 0 Å². The van der Waals surface area contributed by atoms with Crippen LogP contribution in [0.5, 0.6) is 0 Å². The molecule has 152 valence electrons. The number of benzene rings is 2. The summed E-state index contributed by atoms with van der Waals surface area (Å²) in [6, 6.07) is 16.9. The summed E-state index contributed by atoms with van der Waals surface area (Å²) in [5.41, 5.74) is 3.78. The maximum atomic E-state index is 12.9. The van der Waals surface area contributed by atoms with Crippen LogP contribution in [0.1, 0.15) is 41.7 Å². The summed E-state index contributed by atoms with van der Waals surface area (Å²) in [6.45, 7) is 0.714. The van der Waals surface area contributed by atoms with Crippen LogP contribution in [0.4, 0.5) is 11.4 Å². The van der Waals surface area contributed by atoms with Crippen molar-refractivity contribution in [2.75, 3.05) is 16.8 Å². The van der Waals surface area contributed by atoms with Crippen LogP contribution in [0.25, 0.3) is 11.3 Å². The summed E-state index contributed by atoms with van der Waals surface area (Å²) >= 11 is 0. The van der Waals surface area contributed by atoms with E-state index in [2.05, 4.69) is 10.5 Å². The number of hydrogen-bond acceptors (Lipinski definition) is 4. The van der Waals surface area contributed by atoms with E-state index in [1.54, 1.807) is 6.07 Å². The third-order valence-corrected chi connectivity index (χ3v) is 6.01. The van der Waals surface area contributed by atoms with Gasteiger partial charge in [-0.25, -0.2) is 0 Å². The van der Waals surface area contributed by atoms with Crippen LogP contribution >= 0.6 is 0 Å². The number of amides is 2. The van der Waals surface area contributed by atoms with E-state index in [0.29, 0.717) is 18.0 Å². The van der Waals surface area contributed by atoms with E-state index in [9.17, 15) is 9.59 Å². The van der Waals surface area contributed by atoms with Gasteiger partial charge in [0.1, 0.15) is 0 Å². The van der Waals surface area contributed by atoms with Crippen molar-refractivity contribution in [2.45, 2.75) is 32.1 Å². The second kappa shape index (κ2) is 7.78. The Hall–Kier alpha value is -3.41. The SMILES string of the molecule is O=C(Nc1ccc2c(c1)N(C(=O)C1CCCC1)CC2)c1cc(-c2ccccc2)on1. The van der Waals surface area contributed by atoms with Crippen LogP contribution in [0.3, 0.4) is 0 Å². The fraction of sp³-hybridized carbons (Fsp3) is 0.292. The molecule has 1 fully saturated rings. The second-order valence-electron chi connectivity index (χ2n) is 7.96. The van der Waals surface area contributed by atoms with Crippen LogP contribution in [-0.4, -0.2) is 23.5 Å². The summed E-state index contributed by atoms with van der Waals surface area (Å²) in [6.07, 6.45) is 5.09. The van der Waals surface area contributed by atoms with E-state index >= 15 is 0 Å². The molecule has 1 aliphatic carbocycles. The number of anilines is 2. The van der Waals surface area contributed by atoms with E-state index in [1.165, 1.54) is 0 Å². The van der Waals surface area contributed by atoms with Crippen molar-refractivity contribution >= 4 is 23.2 Å². The molecule has 3 aromatic rings. The number of nitrogens with one attached hydrogen (secondary N) is 1. The number of carbonyl (C=O) groups excluding carboxylic acids is 2. The first kappa shape index (κ1) is 18.6. The molecule has 6 heteroatoms. The summed E-state index contributed by atoms with van der Waals surface area (Å²) in [5, 5.41) is 6.79. The lowest BCUT2D eigenvalue weighted by molar-refractivity contribution is -0.122. The van der Waals surface area contributed by atoms with Crippen molar-refractivity contribution < 1.29 is 14.1 Å². The molecular weight excluding hydrogens is 378 g/mol. The maximum Gasteiger partial charge on any atom is 0.277 e. The van der Waals surface area contributed by atoms with Gasteiger partial charge in [0.2, 0.25) is 5.91 Å². The lowest BCUT2D eigenvalue weighted by atomic mass is 10.1. The molecular formula is C24H23N3O3. The Morgan fingerprint density at radius 3 is 2.63 bits per heavy atom. The second-order valence-corrected chi connectivity index (χ2v) is 7.96. The average molecular weight is 401 g/mol. The minimum absolute atomic E-state index is 0.140. The summed E-state index contributed by atoms with van der Waals surface area (Å²) in [7, 11) is 0. The van der Waals surface area contributed by atoms with E-state index in [-0.39, 0.29) is 23.4 Å². The van der Waals surface area contributed by atoms with Crippen LogP contribution in [0.2, 0.25) is 0 Å². The zero-order valence-corrected chi connectivity index (χ0v) is 16.6. The minimum Gasteiger partial charge on any atom is -0.355 e. The van der Waals surface area contributed by atoms with E-state index in [4.69, 9.17) is 4.52 Å². The van der Waals surface area contributed by atoms with Gasteiger partial charge in [0, 0.05) is 35.5 Å². The molecule has 0 saturated heterocycles. The summed E-state index contributed by atoms with van der Waals surface area (Å²) < 4.78 is 5.33. The predicted octanol–water partition coefficient (Wildman–Crippen LogP) is 4.67. The molecule has 30 heavy (non-hydrogen) atoms. The van der Waals surface area contributed by atoms with Crippen LogP contribution < -0.4 is 10.2 Å². The predicted molar refractivity (Wildman–Crippen MR) is 114 cm³/mol. The van der Waals surface area contributed by atoms with Crippen molar-refractivity contribution in [1.29, 1.82) is 0 Å². The molecule has 1 aliphatic heterocycles. The van der Waals surface area contributed by atoms with E-state index in [1.807, 2.05) is 53.4 Å². The third-order valence-electron chi connectivity index (χ3n) is 6.01. The van der Waals surface area contributed by atoms with Gasteiger partial charge in [-0.3, -0.25) is 9.59 Å². The van der Waals surface area contributed by atoms with Crippen molar-refractivity contribution in [2.24, 2.45) is 5.92 Å². The van der Waals surface area contributed by atoms with Crippen molar-refractivity contribution in [3.8, 4) is 11.3 Å². The largest absolute Gasteiger partial charge is 0.355 e. The molecule has 6 nitrogen and oxygen atoms in total. The molecule has 0 radical (unpaired) electrons. The lowest BCUT2D eigenvalue weighted by Crippen LogP contribution is -2.33. The molecule has 5 rings (SSSR count). The van der Waals surface area contributed by atoms with Gasteiger partial charge in [0.15, 0.2) is 11.5 Å². The van der Waals surface area contributed by atoms with Gasteiger partial charge in [-0.1, -0.05) is 54.4 Å². The highest BCUT2D eigenvalue weighted by Gasteiger charge is 2.32. The van der Waals surface area contributed by atoms with Gasteiger partial charge in [-0.05, 0) is 37.0 Å². The Labute approximate surface area is 174 Å². The molecule has 0 bridgehead atoms. The summed E-state index contributed by atoms with van der Waals surface area (Å²) in [5.74, 6) is 0.565. The quantitative estimate of drug-likeness (QED) is 0.689. The minimum atomic E-state index is -0.340. The number of rotatable bonds is 4. The van der Waals surface area contributed by atoms with Crippen LogP contribution in [0, 0.1) is 5.92 Å². The zero-order valence-electron chi connectivity index (χ0n) is 16.6. The van der Waals surface area contributed by atoms with Gasteiger partial charge in [-0.2, -0.15) is 0 Å². The fourth-order valence-electron chi connectivity index (χ4n) is 4.39. The zero-order chi connectivity index (χ0) is 20.5. The van der Waals surface area contributed by atoms with E-state index < -0.39 is 0 Å². The number of hydrogen-bond donors (Lipinski definition) is 1. The molecule has 2 heterocycles. The number of aromatic nitrogens is 1. The molecule has 0 unspecified atom stereocenters. The number of fused-ring (bicyclic) bond motifs is 1. The topological polar surface area (TPSA) is 75.4 Å². The Bertz CT molecular complexity index is 1080. The van der Waals surface area contributed by atoms with Gasteiger partial charge in [0.25, 0.3) is 5.91 Å². The molecule has 0 atom stereocenters. The smallest absolute Gasteiger partial charge is 0.277 e. The molecule has 0 spiro atoms. The van der Waals surface area contributed by atoms with Gasteiger partial charge >= 0.3 is 0 Å². The Kier molecular flexibility index (Phi) is 4.83. The van der Waals surface area contributed by atoms with Crippen molar-refractivity contribution in [3.05, 3.63) is 65.9 Å². The first-order valence-corrected chi connectivity index (χ1v) is 10.5. The van der Waals surface area contributed by atoms with Crippen LogP contribution in [-0.2, 0) is 11.2 Å². The third kappa shape index (κ3) is 3.49. The first-order valence-electron chi connectivity index (χ1n) is 10.5. The average Bonchev–Trinajstić information content (AvgIpc) is 3.54. The molecule has 2 aromatic carbocycles. The van der Waals surface area contributed by atoms with Gasteiger partial charge in [-0.15, -0.1) is 0 Å². The Morgan fingerprint density at radius 1 is 1.03 bits per heavy atom. The highest BCUT2D eigenvalue weighted by atomic mass is 16.5. The van der Waals surface area contributed by atoms with Gasteiger partial charge in [0.05, 0.1) is 0 Å². The normalized spacial score (nSPS) is 15.9. The van der Waals surface area contributed by atoms with Crippen molar-refractivity contribution in [1.82, 2.24) is 5.16 Å². The highest BCUT2D eigenvalue weighted by Crippen LogP contribution is 2.35. The molecule has 2 amide bonds. The molecule has 1 saturated carbocycles. The maximum absolute atomic E-state index is 12.9. The lowest BCUT2D eigenvalue weighted by Gasteiger charge is -2.21. The molecule has 1 N–H and O–H groups in total. The van der Waals surface area contributed by atoms with Gasteiger partial charge < -0.3 is 14.7 Å². The number of nitrogens with zero attached hydrogens (tertiary/aromatic N) is 2. The monoisotopic (exact) mass is 401 g/mol. The Balaban J connectivity index is 1.33.